The van der Waals surface area contributed by atoms with Gasteiger partial charge < -0.3 is 0 Å². The lowest BCUT2D eigenvalue weighted by atomic mass is 9.76. The fourth-order valence-corrected chi connectivity index (χ4v) is 6.56. The molecule has 6 rings (SSSR count). The molecule has 0 amide bonds. The van der Waals surface area contributed by atoms with Crippen LogP contribution in [0.4, 0.5) is 5.69 Å². The molecule has 1 aliphatic heterocycles. The number of hydrogen-bond donors (Lipinski definition) is 0. The van der Waals surface area contributed by atoms with Gasteiger partial charge >= 0.3 is 0 Å². The molecule has 154 valence electrons. The molecular weight excluding hydrogens is 364 g/mol. The smallest absolute Gasteiger partial charge is 0.0643 e. The molecule has 0 N–H and O–H groups in total. The molecule has 0 spiro atoms. The van der Waals surface area contributed by atoms with Crippen molar-refractivity contribution in [2.24, 2.45) is 11.3 Å². The van der Waals surface area contributed by atoms with E-state index in [1.807, 2.05) is 0 Å². The molecule has 0 unspecified atom stereocenters. The average Bonchev–Trinajstić information content (AvgIpc) is 3.38. The van der Waals surface area contributed by atoms with Gasteiger partial charge in [0.1, 0.15) is 0 Å². The summed E-state index contributed by atoms with van der Waals surface area (Å²) in [7, 11) is 0. The maximum Gasteiger partial charge on any atom is 0.0643 e. The van der Waals surface area contributed by atoms with E-state index in [9.17, 15) is 0 Å². The van der Waals surface area contributed by atoms with Crippen LogP contribution in [0.15, 0.2) is 65.9 Å². The minimum atomic E-state index is 0.200. The summed E-state index contributed by atoms with van der Waals surface area (Å²) in [5.74, 6) is 0.797. The molecule has 2 nitrogen and oxygen atoms in total. The van der Waals surface area contributed by atoms with E-state index in [-0.39, 0.29) is 5.41 Å². The van der Waals surface area contributed by atoms with Crippen LogP contribution >= 0.6 is 0 Å². The van der Waals surface area contributed by atoms with Crippen molar-refractivity contribution in [1.29, 1.82) is 0 Å². The van der Waals surface area contributed by atoms with Crippen LogP contribution in [-0.2, 0) is 12.0 Å². The molecule has 1 heterocycles. The zero-order valence-electron chi connectivity index (χ0n) is 18.5. The first-order valence-corrected chi connectivity index (χ1v) is 11.6. The van der Waals surface area contributed by atoms with E-state index in [0.29, 0.717) is 5.41 Å². The summed E-state index contributed by atoms with van der Waals surface area (Å²) in [5, 5.41) is 5.22. The Bertz CT molecular complexity index is 1060. The Balaban J connectivity index is 1.42. The van der Waals surface area contributed by atoms with Gasteiger partial charge in [0.25, 0.3) is 0 Å². The van der Waals surface area contributed by atoms with Crippen LogP contribution in [0, 0.1) is 11.3 Å². The van der Waals surface area contributed by atoms with Crippen LogP contribution < -0.4 is 5.01 Å². The number of rotatable bonds is 3. The minimum Gasteiger partial charge on any atom is -0.284 e. The monoisotopic (exact) mass is 396 g/mol. The maximum atomic E-state index is 2.64. The molecule has 2 atom stereocenters. The van der Waals surface area contributed by atoms with E-state index in [1.54, 1.807) is 11.3 Å². The molecule has 2 bridgehead atoms. The molecule has 2 heteroatoms. The van der Waals surface area contributed by atoms with E-state index in [2.05, 4.69) is 91.5 Å². The average molecular weight is 397 g/mol. The van der Waals surface area contributed by atoms with Crippen LogP contribution in [0.25, 0.3) is 6.08 Å². The third kappa shape index (κ3) is 2.62. The van der Waals surface area contributed by atoms with Crippen molar-refractivity contribution in [1.82, 2.24) is 5.01 Å². The van der Waals surface area contributed by atoms with Crippen molar-refractivity contribution >= 4 is 11.8 Å². The lowest BCUT2D eigenvalue weighted by molar-refractivity contribution is 0.245. The highest BCUT2D eigenvalue weighted by molar-refractivity contribution is 5.65. The van der Waals surface area contributed by atoms with Crippen molar-refractivity contribution in [3.05, 3.63) is 82.6 Å². The maximum absolute atomic E-state index is 2.64. The first kappa shape index (κ1) is 18.3. The van der Waals surface area contributed by atoms with Crippen LogP contribution in [-0.4, -0.2) is 11.6 Å². The van der Waals surface area contributed by atoms with Crippen molar-refractivity contribution in [3.8, 4) is 0 Å². The van der Waals surface area contributed by atoms with E-state index < -0.39 is 0 Å². The summed E-state index contributed by atoms with van der Waals surface area (Å²) < 4.78 is 0. The quantitative estimate of drug-likeness (QED) is 0.570. The normalized spacial score (nSPS) is 28.3. The van der Waals surface area contributed by atoms with Crippen molar-refractivity contribution in [3.63, 3.8) is 0 Å². The lowest BCUT2D eigenvalue weighted by Gasteiger charge is -2.40. The SMILES string of the molecule is CC1(C)CC=Cc2ccc(N3CC4=C(N3Cc3ccccc3)[C@]3(C)CC[C@H]4C3)cc21. The first-order chi connectivity index (χ1) is 14.4. The van der Waals surface area contributed by atoms with E-state index in [4.69, 9.17) is 0 Å². The van der Waals surface area contributed by atoms with Crippen molar-refractivity contribution in [2.75, 3.05) is 11.6 Å². The number of hydrogen-bond acceptors (Lipinski definition) is 2. The van der Waals surface area contributed by atoms with Gasteiger partial charge in [0.2, 0.25) is 0 Å². The highest BCUT2D eigenvalue weighted by Gasteiger charge is 2.53. The van der Waals surface area contributed by atoms with E-state index >= 15 is 0 Å². The number of nitrogens with zero attached hydrogens (tertiary/aromatic N) is 2. The number of fused-ring (bicyclic) bond motifs is 5. The van der Waals surface area contributed by atoms with Crippen LogP contribution in [0.3, 0.4) is 0 Å². The molecule has 0 aromatic heterocycles. The number of allylic oxidation sites excluding steroid dienone is 2. The number of anilines is 1. The molecule has 3 aliphatic carbocycles. The Hall–Kier alpha value is -2.48. The second-order valence-corrected chi connectivity index (χ2v) is 10.7. The van der Waals surface area contributed by atoms with Crippen molar-refractivity contribution in [2.45, 2.75) is 58.4 Å². The molecule has 0 radical (unpaired) electrons. The number of hydrazine groups is 1. The second-order valence-electron chi connectivity index (χ2n) is 10.7. The van der Waals surface area contributed by atoms with E-state index in [1.165, 1.54) is 41.6 Å². The Labute approximate surface area is 180 Å². The Morgan fingerprint density at radius 2 is 1.87 bits per heavy atom. The van der Waals surface area contributed by atoms with Gasteiger partial charge in [0, 0.05) is 11.1 Å². The molecule has 2 aromatic rings. The summed E-state index contributed by atoms with van der Waals surface area (Å²) >= 11 is 0. The third-order valence-corrected chi connectivity index (χ3v) is 8.14. The van der Waals surface area contributed by atoms with Gasteiger partial charge in [-0.15, -0.1) is 0 Å². The molecule has 2 aromatic carbocycles. The fourth-order valence-electron chi connectivity index (χ4n) is 6.56. The number of benzene rings is 2. The lowest BCUT2D eigenvalue weighted by Crippen LogP contribution is -2.41. The van der Waals surface area contributed by atoms with Gasteiger partial charge in [-0.05, 0) is 71.4 Å². The predicted octanol–water partition coefficient (Wildman–Crippen LogP) is 6.69. The van der Waals surface area contributed by atoms with Crippen LogP contribution in [0.2, 0.25) is 0 Å². The zero-order chi connectivity index (χ0) is 20.5. The molecule has 30 heavy (non-hydrogen) atoms. The van der Waals surface area contributed by atoms with Crippen molar-refractivity contribution < 1.29 is 0 Å². The summed E-state index contributed by atoms with van der Waals surface area (Å²) in [6.45, 7) is 9.30. The summed E-state index contributed by atoms with van der Waals surface area (Å²) in [4.78, 5) is 0. The summed E-state index contributed by atoms with van der Waals surface area (Å²) in [6, 6.07) is 18.2. The predicted molar refractivity (Wildman–Crippen MR) is 125 cm³/mol. The second kappa shape index (κ2) is 6.26. The fraction of sp³-hybridized carbons (Fsp3) is 0.429. The molecule has 1 fully saturated rings. The van der Waals surface area contributed by atoms with Crippen LogP contribution in [0.1, 0.15) is 63.1 Å². The summed E-state index contributed by atoms with van der Waals surface area (Å²) in [5.41, 5.74) is 9.54. The Kier molecular flexibility index (Phi) is 3.82. The first-order valence-electron chi connectivity index (χ1n) is 11.6. The van der Waals surface area contributed by atoms with Gasteiger partial charge in [-0.2, -0.15) is 0 Å². The molecule has 1 saturated carbocycles. The molecular formula is C28H32N2. The van der Waals surface area contributed by atoms with Gasteiger partial charge in [-0.25, -0.2) is 0 Å². The molecule has 4 aliphatic rings. The molecule has 0 saturated heterocycles. The third-order valence-electron chi connectivity index (χ3n) is 8.14. The standard InChI is InChI=1S/C28H32N2/c1-27(2)14-7-10-21-11-12-23(16-25(21)27)29-19-24-22-13-15-28(3,17-22)26(24)30(29)18-20-8-5-4-6-9-20/h4-12,16,22H,13-15,17-19H2,1-3H3/t22-,28+/m0/s1. The van der Waals surface area contributed by atoms with Gasteiger partial charge in [-0.3, -0.25) is 10.0 Å². The minimum absolute atomic E-state index is 0.200. The largest absolute Gasteiger partial charge is 0.284 e. The van der Waals surface area contributed by atoms with Gasteiger partial charge in [0.15, 0.2) is 0 Å². The van der Waals surface area contributed by atoms with E-state index in [0.717, 1.165) is 25.4 Å². The van der Waals surface area contributed by atoms with Gasteiger partial charge in [0.05, 0.1) is 18.8 Å². The zero-order valence-corrected chi connectivity index (χ0v) is 18.5. The highest BCUT2D eigenvalue weighted by Crippen LogP contribution is 2.61. The Morgan fingerprint density at radius 3 is 2.70 bits per heavy atom. The van der Waals surface area contributed by atoms with Gasteiger partial charge in [-0.1, -0.05) is 69.3 Å². The Morgan fingerprint density at radius 1 is 1.03 bits per heavy atom. The topological polar surface area (TPSA) is 6.48 Å². The van der Waals surface area contributed by atoms with Crippen LogP contribution in [0.5, 0.6) is 0 Å². The summed E-state index contributed by atoms with van der Waals surface area (Å²) in [6.07, 6.45) is 9.83. The highest BCUT2D eigenvalue weighted by atomic mass is 15.7.